The van der Waals surface area contributed by atoms with Gasteiger partial charge in [0.2, 0.25) is 5.91 Å². The van der Waals surface area contributed by atoms with Crippen molar-refractivity contribution in [1.29, 1.82) is 0 Å². The number of amides is 2. The molecule has 0 bridgehead atoms. The van der Waals surface area contributed by atoms with Gasteiger partial charge >= 0.3 is 0 Å². The van der Waals surface area contributed by atoms with E-state index < -0.39 is 6.04 Å². The standard InChI is InChI=1S/C22H26N2O2/c1-17(24-21(26)18-10-4-2-5-11-18)20(25)23-16-22(14-8-9-15-22)19-12-6-3-7-13-19/h2-7,10-13,17H,8-9,14-16H2,1H3,(H,23,25)(H,24,26). The first kappa shape index (κ1) is 18.2. The third-order valence-electron chi connectivity index (χ3n) is 5.32. The summed E-state index contributed by atoms with van der Waals surface area (Å²) in [5.74, 6) is -0.372. The van der Waals surface area contributed by atoms with Gasteiger partial charge in [-0.3, -0.25) is 9.59 Å². The highest BCUT2D eigenvalue weighted by molar-refractivity contribution is 5.97. The third kappa shape index (κ3) is 4.13. The van der Waals surface area contributed by atoms with Crippen molar-refractivity contribution in [2.24, 2.45) is 0 Å². The SMILES string of the molecule is CC(NC(=O)c1ccccc1)C(=O)NCC1(c2ccccc2)CCCC1. The fourth-order valence-electron chi connectivity index (χ4n) is 3.76. The lowest BCUT2D eigenvalue weighted by Gasteiger charge is -2.30. The molecule has 1 aliphatic carbocycles. The summed E-state index contributed by atoms with van der Waals surface area (Å²) in [4.78, 5) is 24.7. The number of rotatable bonds is 6. The lowest BCUT2D eigenvalue weighted by molar-refractivity contribution is -0.122. The normalized spacial score (nSPS) is 16.7. The first-order chi connectivity index (χ1) is 12.6. The van der Waals surface area contributed by atoms with E-state index in [2.05, 4.69) is 34.9 Å². The second-order valence-electron chi connectivity index (χ2n) is 7.13. The van der Waals surface area contributed by atoms with Gasteiger partial charge in [0, 0.05) is 17.5 Å². The average Bonchev–Trinajstić information content (AvgIpc) is 3.17. The molecule has 4 nitrogen and oxygen atoms in total. The van der Waals surface area contributed by atoms with Gasteiger partial charge in [0.05, 0.1) is 0 Å². The van der Waals surface area contributed by atoms with Gasteiger partial charge in [-0.1, -0.05) is 61.4 Å². The van der Waals surface area contributed by atoms with Crippen LogP contribution in [0.3, 0.4) is 0 Å². The first-order valence-corrected chi connectivity index (χ1v) is 9.30. The monoisotopic (exact) mass is 350 g/mol. The maximum Gasteiger partial charge on any atom is 0.251 e. The molecule has 4 heteroatoms. The highest BCUT2D eigenvalue weighted by Gasteiger charge is 2.36. The summed E-state index contributed by atoms with van der Waals surface area (Å²) in [6.07, 6.45) is 4.54. The Kier molecular flexibility index (Phi) is 5.71. The molecule has 2 aromatic rings. The summed E-state index contributed by atoms with van der Waals surface area (Å²) in [5.41, 5.74) is 1.86. The van der Waals surface area contributed by atoms with Crippen LogP contribution in [0.4, 0.5) is 0 Å². The van der Waals surface area contributed by atoms with Crippen molar-refractivity contribution >= 4 is 11.8 Å². The van der Waals surface area contributed by atoms with Crippen LogP contribution in [0, 0.1) is 0 Å². The number of carbonyl (C=O) groups excluding carboxylic acids is 2. The summed E-state index contributed by atoms with van der Waals surface area (Å²) in [5, 5.41) is 5.84. The van der Waals surface area contributed by atoms with E-state index in [0.29, 0.717) is 12.1 Å². The Morgan fingerprint density at radius 1 is 0.962 bits per heavy atom. The summed E-state index contributed by atoms with van der Waals surface area (Å²) in [6.45, 7) is 2.33. The summed E-state index contributed by atoms with van der Waals surface area (Å²) in [6, 6.07) is 18.8. The molecular weight excluding hydrogens is 324 g/mol. The van der Waals surface area contributed by atoms with E-state index in [4.69, 9.17) is 0 Å². The van der Waals surface area contributed by atoms with E-state index in [1.807, 2.05) is 24.3 Å². The Labute approximate surface area is 155 Å². The summed E-state index contributed by atoms with van der Waals surface area (Å²) < 4.78 is 0. The zero-order valence-corrected chi connectivity index (χ0v) is 15.2. The molecule has 1 fully saturated rings. The van der Waals surface area contributed by atoms with Crippen molar-refractivity contribution in [3.05, 3.63) is 71.8 Å². The first-order valence-electron chi connectivity index (χ1n) is 9.30. The van der Waals surface area contributed by atoms with Crippen LogP contribution in [0.15, 0.2) is 60.7 Å². The molecule has 1 aliphatic rings. The van der Waals surface area contributed by atoms with Gasteiger partial charge in [-0.25, -0.2) is 0 Å². The van der Waals surface area contributed by atoms with Gasteiger partial charge in [-0.15, -0.1) is 0 Å². The molecule has 2 aromatic carbocycles. The number of nitrogens with one attached hydrogen (secondary N) is 2. The number of benzene rings is 2. The van der Waals surface area contributed by atoms with E-state index in [9.17, 15) is 9.59 Å². The molecule has 26 heavy (non-hydrogen) atoms. The van der Waals surface area contributed by atoms with Crippen molar-refractivity contribution in [3.8, 4) is 0 Å². The second kappa shape index (κ2) is 8.17. The molecule has 0 radical (unpaired) electrons. The van der Waals surface area contributed by atoms with E-state index >= 15 is 0 Å². The smallest absolute Gasteiger partial charge is 0.251 e. The van der Waals surface area contributed by atoms with Crippen LogP contribution in [0.2, 0.25) is 0 Å². The minimum absolute atomic E-state index is 0.0140. The highest BCUT2D eigenvalue weighted by atomic mass is 16.2. The Balaban J connectivity index is 1.59. The van der Waals surface area contributed by atoms with Crippen LogP contribution < -0.4 is 10.6 Å². The van der Waals surface area contributed by atoms with E-state index in [0.717, 1.165) is 12.8 Å². The number of hydrogen-bond acceptors (Lipinski definition) is 2. The molecule has 2 N–H and O–H groups in total. The van der Waals surface area contributed by atoms with Crippen LogP contribution in [0.25, 0.3) is 0 Å². The molecular formula is C22H26N2O2. The van der Waals surface area contributed by atoms with Crippen molar-refractivity contribution in [2.45, 2.75) is 44.1 Å². The molecule has 3 rings (SSSR count). The molecule has 0 saturated heterocycles. The van der Waals surface area contributed by atoms with E-state index in [1.54, 1.807) is 19.1 Å². The molecule has 0 heterocycles. The largest absolute Gasteiger partial charge is 0.353 e. The minimum Gasteiger partial charge on any atom is -0.353 e. The zero-order chi connectivity index (χ0) is 18.4. The second-order valence-corrected chi connectivity index (χ2v) is 7.13. The van der Waals surface area contributed by atoms with Gasteiger partial charge in [-0.2, -0.15) is 0 Å². The molecule has 1 atom stereocenters. The van der Waals surface area contributed by atoms with Crippen LogP contribution >= 0.6 is 0 Å². The van der Waals surface area contributed by atoms with Gasteiger partial charge in [0.1, 0.15) is 6.04 Å². The molecule has 1 unspecified atom stereocenters. The highest BCUT2D eigenvalue weighted by Crippen LogP contribution is 2.40. The maximum atomic E-state index is 12.5. The predicted molar refractivity (Wildman–Crippen MR) is 103 cm³/mol. The average molecular weight is 350 g/mol. The summed E-state index contributed by atoms with van der Waals surface area (Å²) in [7, 11) is 0. The van der Waals surface area contributed by atoms with Crippen molar-refractivity contribution in [1.82, 2.24) is 10.6 Å². The Bertz CT molecular complexity index is 737. The fraction of sp³-hybridized carbons (Fsp3) is 0.364. The fourth-order valence-corrected chi connectivity index (χ4v) is 3.76. The van der Waals surface area contributed by atoms with Gasteiger partial charge in [0.15, 0.2) is 0 Å². The molecule has 2 amide bonds. The number of carbonyl (C=O) groups is 2. The molecule has 0 aromatic heterocycles. The van der Waals surface area contributed by atoms with Gasteiger partial charge in [0.25, 0.3) is 5.91 Å². The van der Waals surface area contributed by atoms with Gasteiger partial charge < -0.3 is 10.6 Å². The lowest BCUT2D eigenvalue weighted by Crippen LogP contribution is -2.48. The molecule has 0 aliphatic heterocycles. The van der Waals surface area contributed by atoms with Gasteiger partial charge in [-0.05, 0) is 37.5 Å². The topological polar surface area (TPSA) is 58.2 Å². The van der Waals surface area contributed by atoms with Crippen molar-refractivity contribution in [2.75, 3.05) is 6.54 Å². The molecule has 1 saturated carbocycles. The van der Waals surface area contributed by atoms with Crippen LogP contribution in [0.1, 0.15) is 48.5 Å². The quantitative estimate of drug-likeness (QED) is 0.838. The number of hydrogen-bond donors (Lipinski definition) is 2. The van der Waals surface area contributed by atoms with Crippen LogP contribution in [-0.4, -0.2) is 24.4 Å². The van der Waals surface area contributed by atoms with Crippen molar-refractivity contribution < 1.29 is 9.59 Å². The summed E-state index contributed by atoms with van der Waals surface area (Å²) >= 11 is 0. The molecule has 136 valence electrons. The lowest BCUT2D eigenvalue weighted by atomic mass is 9.79. The predicted octanol–water partition coefficient (Wildman–Crippen LogP) is 3.43. The maximum absolute atomic E-state index is 12.5. The zero-order valence-electron chi connectivity index (χ0n) is 15.2. The van der Waals surface area contributed by atoms with Crippen LogP contribution in [0.5, 0.6) is 0 Å². The Morgan fingerprint density at radius 2 is 1.54 bits per heavy atom. The third-order valence-corrected chi connectivity index (χ3v) is 5.32. The van der Waals surface area contributed by atoms with E-state index in [1.165, 1.54) is 18.4 Å². The van der Waals surface area contributed by atoms with Crippen molar-refractivity contribution in [3.63, 3.8) is 0 Å². The van der Waals surface area contributed by atoms with Crippen LogP contribution in [-0.2, 0) is 10.2 Å². The minimum atomic E-state index is -0.572. The Hall–Kier alpha value is -2.62. The molecule has 0 spiro atoms. The Morgan fingerprint density at radius 3 is 2.15 bits per heavy atom. The van der Waals surface area contributed by atoms with E-state index in [-0.39, 0.29) is 17.2 Å².